The van der Waals surface area contributed by atoms with Gasteiger partial charge in [-0.1, -0.05) is 12.1 Å². The van der Waals surface area contributed by atoms with E-state index in [2.05, 4.69) is 10.3 Å². The Bertz CT molecular complexity index is 1010. The van der Waals surface area contributed by atoms with Gasteiger partial charge in [-0.3, -0.25) is 9.59 Å². The predicted octanol–water partition coefficient (Wildman–Crippen LogP) is 3.48. The lowest BCUT2D eigenvalue weighted by Gasteiger charge is -2.20. The van der Waals surface area contributed by atoms with Crippen molar-refractivity contribution in [3.05, 3.63) is 72.3 Å². The van der Waals surface area contributed by atoms with Gasteiger partial charge in [-0.25, -0.2) is 4.98 Å². The Labute approximate surface area is 163 Å². The third-order valence-corrected chi connectivity index (χ3v) is 5.30. The molecule has 1 N–H and O–H groups in total. The van der Waals surface area contributed by atoms with E-state index < -0.39 is 0 Å². The highest BCUT2D eigenvalue weighted by molar-refractivity contribution is 6.03. The lowest BCUT2D eigenvalue weighted by molar-refractivity contribution is -0.122. The minimum absolute atomic E-state index is 0.00990. The molecular weight excluding hydrogens is 352 g/mol. The maximum atomic E-state index is 12.7. The van der Waals surface area contributed by atoms with Gasteiger partial charge in [-0.15, -0.1) is 0 Å². The summed E-state index contributed by atoms with van der Waals surface area (Å²) in [7, 11) is 0. The van der Waals surface area contributed by atoms with Gasteiger partial charge < -0.3 is 14.8 Å². The zero-order valence-electron chi connectivity index (χ0n) is 15.9. The number of benzene rings is 2. The number of aromatic nitrogens is 2. The van der Waals surface area contributed by atoms with Crippen LogP contribution in [0.1, 0.15) is 17.5 Å². The molecule has 0 bridgehead atoms. The van der Waals surface area contributed by atoms with Crippen molar-refractivity contribution in [3.8, 4) is 5.69 Å². The van der Waals surface area contributed by atoms with Gasteiger partial charge in [-0.05, 0) is 55.3 Å². The van der Waals surface area contributed by atoms with E-state index in [-0.39, 0.29) is 24.2 Å². The summed E-state index contributed by atoms with van der Waals surface area (Å²) >= 11 is 0. The number of hydrogen-bond acceptors (Lipinski definition) is 3. The maximum Gasteiger partial charge on any atom is 0.229 e. The molecule has 1 fully saturated rings. The molecular formula is C22H22N4O2. The van der Waals surface area contributed by atoms with Crippen LogP contribution >= 0.6 is 0 Å². The van der Waals surface area contributed by atoms with Gasteiger partial charge in [0, 0.05) is 42.4 Å². The van der Waals surface area contributed by atoms with Crippen molar-refractivity contribution < 1.29 is 9.59 Å². The molecule has 0 radical (unpaired) electrons. The first kappa shape index (κ1) is 18.0. The number of carbonyl (C=O) groups is 2. The smallest absolute Gasteiger partial charge is 0.229 e. The monoisotopic (exact) mass is 374 g/mol. The van der Waals surface area contributed by atoms with Gasteiger partial charge in [0.25, 0.3) is 0 Å². The lowest BCUT2D eigenvalue weighted by atomic mass is 10.1. The second-order valence-corrected chi connectivity index (χ2v) is 7.13. The van der Waals surface area contributed by atoms with Crippen LogP contribution < -0.4 is 10.2 Å². The molecule has 3 aromatic rings. The van der Waals surface area contributed by atoms with Crippen LogP contribution in [-0.4, -0.2) is 27.9 Å². The number of hydrogen-bond donors (Lipinski definition) is 1. The SMILES string of the molecule is Cc1cccc(N2CC(C(=O)Nc3ccc(-n4ccnc4)cc3)CC2=O)c1C. The number of carbonyl (C=O) groups excluding carboxylic acids is 2. The second-order valence-electron chi connectivity index (χ2n) is 7.13. The number of imidazole rings is 1. The fourth-order valence-electron chi connectivity index (χ4n) is 3.52. The zero-order valence-corrected chi connectivity index (χ0v) is 15.9. The molecule has 1 saturated heterocycles. The number of nitrogens with zero attached hydrogens (tertiary/aromatic N) is 3. The fraction of sp³-hybridized carbons (Fsp3) is 0.227. The molecule has 0 saturated carbocycles. The van der Waals surface area contributed by atoms with E-state index in [4.69, 9.17) is 0 Å². The number of aryl methyl sites for hydroxylation is 1. The summed E-state index contributed by atoms with van der Waals surface area (Å²) in [5.74, 6) is -0.499. The highest BCUT2D eigenvalue weighted by atomic mass is 16.2. The highest BCUT2D eigenvalue weighted by Crippen LogP contribution is 2.30. The van der Waals surface area contributed by atoms with Gasteiger partial charge in [0.15, 0.2) is 0 Å². The van der Waals surface area contributed by atoms with Gasteiger partial charge in [0.2, 0.25) is 11.8 Å². The largest absolute Gasteiger partial charge is 0.326 e. The third-order valence-electron chi connectivity index (χ3n) is 5.30. The van der Waals surface area contributed by atoms with E-state index in [0.717, 1.165) is 22.5 Å². The molecule has 2 heterocycles. The average molecular weight is 374 g/mol. The van der Waals surface area contributed by atoms with Crippen LogP contribution in [0.25, 0.3) is 5.69 Å². The molecule has 28 heavy (non-hydrogen) atoms. The van der Waals surface area contributed by atoms with E-state index in [9.17, 15) is 9.59 Å². The molecule has 1 unspecified atom stereocenters. The van der Waals surface area contributed by atoms with Crippen LogP contribution in [0.2, 0.25) is 0 Å². The molecule has 6 heteroatoms. The Hall–Kier alpha value is -3.41. The van der Waals surface area contributed by atoms with Crippen molar-refractivity contribution in [1.29, 1.82) is 0 Å². The van der Waals surface area contributed by atoms with E-state index in [1.807, 2.05) is 67.1 Å². The van der Waals surface area contributed by atoms with Crippen molar-refractivity contribution in [2.75, 3.05) is 16.8 Å². The Kier molecular flexibility index (Phi) is 4.69. The number of amides is 2. The molecule has 2 amide bonds. The minimum Gasteiger partial charge on any atom is -0.326 e. The summed E-state index contributed by atoms with van der Waals surface area (Å²) in [6, 6.07) is 13.4. The minimum atomic E-state index is -0.360. The van der Waals surface area contributed by atoms with Gasteiger partial charge >= 0.3 is 0 Å². The summed E-state index contributed by atoms with van der Waals surface area (Å²) < 4.78 is 1.89. The molecule has 1 aromatic heterocycles. The van der Waals surface area contributed by atoms with Gasteiger partial charge in [0.1, 0.15) is 0 Å². The summed E-state index contributed by atoms with van der Waals surface area (Å²) in [4.78, 5) is 31.0. The molecule has 4 rings (SSSR count). The van der Waals surface area contributed by atoms with Crippen LogP contribution in [-0.2, 0) is 9.59 Å². The zero-order chi connectivity index (χ0) is 19.7. The Morgan fingerprint density at radius 2 is 1.93 bits per heavy atom. The second kappa shape index (κ2) is 7.31. The molecule has 142 valence electrons. The van der Waals surface area contributed by atoms with Gasteiger partial charge in [0.05, 0.1) is 12.2 Å². The highest BCUT2D eigenvalue weighted by Gasteiger charge is 2.35. The summed E-state index contributed by atoms with van der Waals surface area (Å²) in [5.41, 5.74) is 4.78. The quantitative estimate of drug-likeness (QED) is 0.760. The Morgan fingerprint density at radius 1 is 1.14 bits per heavy atom. The van der Waals surface area contributed by atoms with Gasteiger partial charge in [-0.2, -0.15) is 0 Å². The van der Waals surface area contributed by atoms with Crippen LogP contribution in [0.4, 0.5) is 11.4 Å². The molecule has 6 nitrogen and oxygen atoms in total. The first-order valence-electron chi connectivity index (χ1n) is 9.29. The molecule has 1 atom stereocenters. The fourth-order valence-corrected chi connectivity index (χ4v) is 3.52. The molecule has 1 aliphatic rings. The van der Waals surface area contributed by atoms with E-state index in [1.165, 1.54) is 0 Å². The van der Waals surface area contributed by atoms with E-state index >= 15 is 0 Å². The summed E-state index contributed by atoms with van der Waals surface area (Å²) in [6.07, 6.45) is 5.53. The summed E-state index contributed by atoms with van der Waals surface area (Å²) in [5, 5.41) is 2.93. The normalized spacial score (nSPS) is 16.4. The molecule has 0 aliphatic carbocycles. The topological polar surface area (TPSA) is 67.2 Å². The van der Waals surface area contributed by atoms with Crippen LogP contribution in [0.3, 0.4) is 0 Å². The number of nitrogens with one attached hydrogen (secondary N) is 1. The molecule has 1 aliphatic heterocycles. The Balaban J connectivity index is 1.44. The van der Waals surface area contributed by atoms with Crippen LogP contribution in [0.15, 0.2) is 61.2 Å². The molecule has 2 aromatic carbocycles. The Morgan fingerprint density at radius 3 is 2.64 bits per heavy atom. The molecule has 0 spiro atoms. The average Bonchev–Trinajstić information content (AvgIpc) is 3.35. The predicted molar refractivity (Wildman–Crippen MR) is 109 cm³/mol. The van der Waals surface area contributed by atoms with Crippen molar-refractivity contribution in [1.82, 2.24) is 9.55 Å². The van der Waals surface area contributed by atoms with Crippen LogP contribution in [0, 0.1) is 19.8 Å². The number of anilines is 2. The number of rotatable bonds is 4. The van der Waals surface area contributed by atoms with E-state index in [1.54, 1.807) is 17.4 Å². The van der Waals surface area contributed by atoms with Crippen LogP contribution in [0.5, 0.6) is 0 Å². The van der Waals surface area contributed by atoms with Crippen molar-refractivity contribution >= 4 is 23.2 Å². The van der Waals surface area contributed by atoms with Crippen molar-refractivity contribution in [3.63, 3.8) is 0 Å². The third kappa shape index (κ3) is 3.41. The first-order valence-corrected chi connectivity index (χ1v) is 9.29. The summed E-state index contributed by atoms with van der Waals surface area (Å²) in [6.45, 7) is 4.44. The standard InChI is InChI=1S/C22H22N4O2/c1-15-4-3-5-20(16(15)2)26-13-17(12-21(26)27)22(28)24-18-6-8-19(9-7-18)25-11-10-23-14-25/h3-11,14,17H,12-13H2,1-2H3,(H,24,28). The van der Waals surface area contributed by atoms with Crippen molar-refractivity contribution in [2.24, 2.45) is 5.92 Å². The van der Waals surface area contributed by atoms with Crippen molar-refractivity contribution in [2.45, 2.75) is 20.3 Å². The first-order chi connectivity index (χ1) is 13.5. The van der Waals surface area contributed by atoms with E-state index in [0.29, 0.717) is 12.2 Å². The maximum absolute atomic E-state index is 12.7. The lowest BCUT2D eigenvalue weighted by Crippen LogP contribution is -2.28.